The van der Waals surface area contributed by atoms with Crippen molar-refractivity contribution in [1.29, 1.82) is 0 Å². The van der Waals surface area contributed by atoms with Gasteiger partial charge in [0.2, 0.25) is 0 Å². The van der Waals surface area contributed by atoms with Crippen LogP contribution in [0.5, 0.6) is 0 Å². The highest BCUT2D eigenvalue weighted by atomic mass is 19.1. The van der Waals surface area contributed by atoms with Gasteiger partial charge in [-0.2, -0.15) is 0 Å². The van der Waals surface area contributed by atoms with E-state index in [4.69, 9.17) is 0 Å². The van der Waals surface area contributed by atoms with E-state index in [2.05, 4.69) is 53.0 Å². The second-order valence-corrected chi connectivity index (χ2v) is 7.98. The van der Waals surface area contributed by atoms with Crippen LogP contribution in [-0.2, 0) is 0 Å². The molecule has 1 aliphatic carbocycles. The van der Waals surface area contributed by atoms with Crippen LogP contribution >= 0.6 is 0 Å². The van der Waals surface area contributed by atoms with Gasteiger partial charge in [-0.1, -0.05) is 29.8 Å². The van der Waals surface area contributed by atoms with Gasteiger partial charge in [0.05, 0.1) is 5.52 Å². The molecule has 1 unspecified atom stereocenters. The highest BCUT2D eigenvalue weighted by molar-refractivity contribution is 5.86. The molecule has 2 aliphatic rings. The molecular weight excluding hydrogens is 337 g/mol. The highest BCUT2D eigenvalue weighted by Gasteiger charge is 2.23. The smallest absolute Gasteiger partial charge is 0.100 e. The number of halogens is 1. The first-order valence-corrected chi connectivity index (χ1v) is 10.2. The summed E-state index contributed by atoms with van der Waals surface area (Å²) in [6.45, 7) is 10.0. The number of piperazine rings is 1. The fourth-order valence-corrected chi connectivity index (χ4v) is 4.40. The molecule has 1 atom stereocenters. The number of fused-ring (bicyclic) bond motifs is 1. The van der Waals surface area contributed by atoms with E-state index >= 15 is 0 Å². The van der Waals surface area contributed by atoms with Gasteiger partial charge in [0, 0.05) is 56.8 Å². The Kier molecular flexibility index (Phi) is 5.46. The number of aromatic nitrogens is 1. The molecule has 0 radical (unpaired) electrons. The van der Waals surface area contributed by atoms with Gasteiger partial charge in [-0.15, -0.1) is 0 Å². The lowest BCUT2D eigenvalue weighted by Gasteiger charge is -2.38. The number of H-pyrrole nitrogens is 1. The zero-order valence-corrected chi connectivity index (χ0v) is 16.5. The predicted molar refractivity (Wildman–Crippen MR) is 111 cm³/mol. The Morgan fingerprint density at radius 3 is 2.67 bits per heavy atom. The van der Waals surface area contributed by atoms with Crippen LogP contribution in [0.4, 0.5) is 4.39 Å². The maximum Gasteiger partial charge on any atom is 0.100 e. The molecule has 0 amide bonds. The summed E-state index contributed by atoms with van der Waals surface area (Å²) in [6, 6.07) is 7.07. The number of nitrogens with zero attached hydrogens (tertiary/aromatic N) is 2. The van der Waals surface area contributed by atoms with Crippen molar-refractivity contribution in [2.45, 2.75) is 39.2 Å². The number of rotatable bonds is 5. The fourth-order valence-electron chi connectivity index (χ4n) is 4.40. The Balaban J connectivity index is 1.33. The summed E-state index contributed by atoms with van der Waals surface area (Å²) in [5.41, 5.74) is 5.39. The van der Waals surface area contributed by atoms with Crippen LogP contribution in [-0.4, -0.2) is 47.5 Å². The minimum atomic E-state index is 0.0219. The Labute approximate surface area is 161 Å². The van der Waals surface area contributed by atoms with Crippen molar-refractivity contribution >= 4 is 10.9 Å². The van der Waals surface area contributed by atoms with Gasteiger partial charge in [-0.25, -0.2) is 4.39 Å². The van der Waals surface area contributed by atoms with Crippen molar-refractivity contribution in [1.82, 2.24) is 14.8 Å². The molecule has 4 rings (SSSR count). The van der Waals surface area contributed by atoms with Gasteiger partial charge in [0.1, 0.15) is 5.83 Å². The van der Waals surface area contributed by atoms with Gasteiger partial charge in [-0.05, 0) is 43.9 Å². The van der Waals surface area contributed by atoms with Gasteiger partial charge >= 0.3 is 0 Å². The summed E-state index contributed by atoms with van der Waals surface area (Å²) in [5.74, 6) is 0.0219. The standard InChI is InChI=1S/C23H30FN3/c1-17-16-25-23-21(17)4-3-5-22(23)18(2)27-14-12-26(13-15-27)11-10-19-6-8-20(24)9-7-19/h3-6,8,16,18,25H,7,9-15H2,1-2H3. The topological polar surface area (TPSA) is 22.3 Å². The van der Waals surface area contributed by atoms with Gasteiger partial charge in [0.25, 0.3) is 0 Å². The van der Waals surface area contributed by atoms with Crippen molar-refractivity contribution in [2.75, 3.05) is 32.7 Å². The van der Waals surface area contributed by atoms with E-state index in [0.717, 1.165) is 45.6 Å². The number of aryl methyl sites for hydroxylation is 1. The number of hydrogen-bond acceptors (Lipinski definition) is 2. The molecule has 144 valence electrons. The third-order valence-electron chi connectivity index (χ3n) is 6.29. The molecule has 1 N–H and O–H groups in total. The second-order valence-electron chi connectivity index (χ2n) is 7.98. The summed E-state index contributed by atoms with van der Waals surface area (Å²) in [5, 5.41) is 1.34. The van der Waals surface area contributed by atoms with Crippen LogP contribution < -0.4 is 0 Å². The number of para-hydroxylation sites is 1. The largest absolute Gasteiger partial charge is 0.361 e. The molecule has 0 spiro atoms. The Morgan fingerprint density at radius 2 is 1.93 bits per heavy atom. The van der Waals surface area contributed by atoms with Crippen LogP contribution in [0.25, 0.3) is 10.9 Å². The first-order valence-electron chi connectivity index (χ1n) is 10.2. The average Bonchev–Trinajstić information content (AvgIpc) is 3.09. The monoisotopic (exact) mass is 367 g/mol. The highest BCUT2D eigenvalue weighted by Crippen LogP contribution is 2.29. The first-order chi connectivity index (χ1) is 13.1. The van der Waals surface area contributed by atoms with Crippen LogP contribution in [0.1, 0.15) is 43.4 Å². The molecule has 3 nitrogen and oxygen atoms in total. The van der Waals surface area contributed by atoms with E-state index in [-0.39, 0.29) is 5.83 Å². The molecule has 1 aromatic heterocycles. The third-order valence-corrected chi connectivity index (χ3v) is 6.29. The molecule has 2 heterocycles. The average molecular weight is 368 g/mol. The van der Waals surface area contributed by atoms with E-state index in [0.29, 0.717) is 12.5 Å². The molecule has 1 aromatic carbocycles. The molecule has 4 heteroatoms. The molecule has 2 aromatic rings. The van der Waals surface area contributed by atoms with E-state index in [9.17, 15) is 4.39 Å². The quantitative estimate of drug-likeness (QED) is 0.792. The number of nitrogens with one attached hydrogen (secondary N) is 1. The lowest BCUT2D eigenvalue weighted by atomic mass is 10.0. The maximum atomic E-state index is 13.1. The molecular formula is C23H30FN3. The number of hydrogen-bond donors (Lipinski definition) is 1. The number of allylic oxidation sites excluding steroid dienone is 3. The van der Waals surface area contributed by atoms with E-state index in [1.807, 2.05) is 6.08 Å². The van der Waals surface area contributed by atoms with E-state index in [1.54, 1.807) is 6.08 Å². The molecule has 1 saturated heterocycles. The Morgan fingerprint density at radius 1 is 1.11 bits per heavy atom. The van der Waals surface area contributed by atoms with Crippen molar-refractivity contribution in [3.63, 3.8) is 0 Å². The van der Waals surface area contributed by atoms with Gasteiger partial charge in [0.15, 0.2) is 0 Å². The van der Waals surface area contributed by atoms with E-state index in [1.165, 1.54) is 27.6 Å². The summed E-state index contributed by atoms with van der Waals surface area (Å²) in [7, 11) is 0. The van der Waals surface area contributed by atoms with Crippen LogP contribution in [0.2, 0.25) is 0 Å². The summed E-state index contributed by atoms with van der Waals surface area (Å²) in [4.78, 5) is 8.62. The molecule has 1 fully saturated rings. The van der Waals surface area contributed by atoms with Crippen molar-refractivity contribution in [3.05, 3.63) is 59.1 Å². The summed E-state index contributed by atoms with van der Waals surface area (Å²) < 4.78 is 13.1. The van der Waals surface area contributed by atoms with Crippen molar-refractivity contribution in [3.8, 4) is 0 Å². The molecule has 0 saturated carbocycles. The van der Waals surface area contributed by atoms with Crippen molar-refractivity contribution < 1.29 is 4.39 Å². The zero-order valence-electron chi connectivity index (χ0n) is 16.5. The summed E-state index contributed by atoms with van der Waals surface area (Å²) >= 11 is 0. The van der Waals surface area contributed by atoms with E-state index < -0.39 is 0 Å². The number of benzene rings is 1. The number of aromatic amines is 1. The van der Waals surface area contributed by atoms with Gasteiger partial charge in [-0.3, -0.25) is 4.90 Å². The van der Waals surface area contributed by atoms with Crippen molar-refractivity contribution in [2.24, 2.45) is 0 Å². The lowest BCUT2D eigenvalue weighted by molar-refractivity contribution is 0.103. The molecule has 1 aliphatic heterocycles. The van der Waals surface area contributed by atoms with Crippen LogP contribution in [0.3, 0.4) is 0 Å². The second kappa shape index (κ2) is 7.99. The lowest BCUT2D eigenvalue weighted by Crippen LogP contribution is -2.47. The van der Waals surface area contributed by atoms with Gasteiger partial charge < -0.3 is 9.88 Å². The Bertz CT molecular complexity index is 856. The molecule has 0 bridgehead atoms. The van der Waals surface area contributed by atoms with Crippen LogP contribution in [0, 0.1) is 6.92 Å². The fraction of sp³-hybridized carbons (Fsp3) is 0.478. The predicted octanol–water partition coefficient (Wildman–Crippen LogP) is 5.12. The van der Waals surface area contributed by atoms with Crippen LogP contribution in [0.15, 0.2) is 47.9 Å². The summed E-state index contributed by atoms with van der Waals surface area (Å²) in [6.07, 6.45) is 8.28. The first kappa shape index (κ1) is 18.5. The molecule has 27 heavy (non-hydrogen) atoms. The minimum Gasteiger partial charge on any atom is -0.361 e. The third kappa shape index (κ3) is 4.02. The zero-order chi connectivity index (χ0) is 18.8. The minimum absolute atomic E-state index is 0.0219. The maximum absolute atomic E-state index is 13.1. The SMILES string of the molecule is Cc1c[nH]c2c(C(C)N3CCN(CCC4=CC=C(F)CC4)CC3)cccc12. The normalized spacial score (nSPS) is 20.6. The Hall–Kier alpha value is -1.91.